The van der Waals surface area contributed by atoms with E-state index in [4.69, 9.17) is 4.42 Å². The molecule has 0 radical (unpaired) electrons. The van der Waals surface area contributed by atoms with E-state index in [1.165, 1.54) is 0 Å². The summed E-state index contributed by atoms with van der Waals surface area (Å²) in [4.78, 5) is 28.4. The second kappa shape index (κ2) is 9.34. The standard InChI is InChI=1S/C22H20BrN3O3/c1-14-6-7-18(10-15(14)2)26-22(28)21(27)25-13-20-9-8-19(29-20)12-24-17-5-3-4-16(23)11-17/h3-12H,13H2,1-2H3,(H,25,27)(H,26,28). The number of rotatable bonds is 5. The first-order chi connectivity index (χ1) is 13.9. The number of carbonyl (C=O) groups is 2. The molecular formula is C22H20BrN3O3. The number of halogens is 1. The Morgan fingerprint density at radius 3 is 2.62 bits per heavy atom. The van der Waals surface area contributed by atoms with Crippen molar-refractivity contribution in [1.29, 1.82) is 0 Å². The van der Waals surface area contributed by atoms with E-state index < -0.39 is 11.8 Å². The topological polar surface area (TPSA) is 83.7 Å². The Balaban J connectivity index is 1.52. The van der Waals surface area contributed by atoms with Gasteiger partial charge in [0.05, 0.1) is 18.4 Å². The number of carbonyl (C=O) groups excluding carboxylic acids is 2. The average molecular weight is 454 g/mol. The van der Waals surface area contributed by atoms with Crippen molar-refractivity contribution >= 4 is 45.3 Å². The molecule has 0 spiro atoms. The van der Waals surface area contributed by atoms with E-state index in [2.05, 4.69) is 31.6 Å². The highest BCUT2D eigenvalue weighted by atomic mass is 79.9. The van der Waals surface area contributed by atoms with Crippen LogP contribution < -0.4 is 10.6 Å². The Bertz CT molecular complexity index is 1070. The van der Waals surface area contributed by atoms with Gasteiger partial charge in [-0.1, -0.05) is 28.1 Å². The maximum Gasteiger partial charge on any atom is 0.313 e. The minimum Gasteiger partial charge on any atom is -0.458 e. The molecule has 0 aliphatic heterocycles. The fourth-order valence-electron chi connectivity index (χ4n) is 2.51. The number of aliphatic imine (C=N–C) groups is 1. The van der Waals surface area contributed by atoms with Crippen molar-refractivity contribution in [3.05, 3.63) is 81.7 Å². The van der Waals surface area contributed by atoms with E-state index in [0.29, 0.717) is 17.2 Å². The van der Waals surface area contributed by atoms with Crippen LogP contribution in [0.15, 0.2) is 68.5 Å². The number of amides is 2. The van der Waals surface area contributed by atoms with Crippen LogP contribution in [0.5, 0.6) is 0 Å². The van der Waals surface area contributed by atoms with E-state index in [0.717, 1.165) is 21.3 Å². The lowest BCUT2D eigenvalue weighted by molar-refractivity contribution is -0.136. The van der Waals surface area contributed by atoms with Crippen molar-refractivity contribution in [1.82, 2.24) is 5.32 Å². The predicted molar refractivity (Wildman–Crippen MR) is 116 cm³/mol. The third-order valence-electron chi connectivity index (χ3n) is 4.23. The number of anilines is 1. The van der Waals surface area contributed by atoms with Crippen LogP contribution >= 0.6 is 15.9 Å². The molecule has 3 rings (SSSR count). The van der Waals surface area contributed by atoms with Crippen LogP contribution in [-0.2, 0) is 16.1 Å². The van der Waals surface area contributed by atoms with Crippen LogP contribution in [-0.4, -0.2) is 18.0 Å². The second-order valence-electron chi connectivity index (χ2n) is 6.48. The van der Waals surface area contributed by atoms with Crippen molar-refractivity contribution in [2.45, 2.75) is 20.4 Å². The zero-order valence-electron chi connectivity index (χ0n) is 16.0. The van der Waals surface area contributed by atoms with E-state index >= 15 is 0 Å². The molecule has 0 fully saturated rings. The number of nitrogens with zero attached hydrogens (tertiary/aromatic N) is 1. The lowest BCUT2D eigenvalue weighted by Gasteiger charge is -2.07. The zero-order valence-corrected chi connectivity index (χ0v) is 17.6. The number of hydrogen-bond donors (Lipinski definition) is 2. The molecule has 0 unspecified atom stereocenters. The Kier molecular flexibility index (Phi) is 6.61. The first kappa shape index (κ1) is 20.5. The van der Waals surface area contributed by atoms with Crippen LogP contribution in [0.25, 0.3) is 0 Å². The lowest BCUT2D eigenvalue weighted by atomic mass is 10.1. The first-order valence-corrected chi connectivity index (χ1v) is 9.75. The highest BCUT2D eigenvalue weighted by molar-refractivity contribution is 9.10. The molecule has 29 heavy (non-hydrogen) atoms. The molecule has 0 saturated carbocycles. The molecule has 0 aliphatic rings. The maximum absolute atomic E-state index is 12.0. The molecule has 2 aromatic carbocycles. The van der Waals surface area contributed by atoms with Gasteiger partial charge in [-0.25, -0.2) is 0 Å². The molecule has 7 heteroatoms. The number of nitrogens with one attached hydrogen (secondary N) is 2. The Morgan fingerprint density at radius 1 is 1.03 bits per heavy atom. The highest BCUT2D eigenvalue weighted by Gasteiger charge is 2.14. The number of furan rings is 1. The average Bonchev–Trinajstić information content (AvgIpc) is 3.15. The number of benzene rings is 2. The smallest absolute Gasteiger partial charge is 0.313 e. The van der Waals surface area contributed by atoms with Gasteiger partial charge in [0.25, 0.3) is 0 Å². The molecule has 0 atom stereocenters. The fraction of sp³-hybridized carbons (Fsp3) is 0.136. The monoisotopic (exact) mass is 453 g/mol. The van der Waals surface area contributed by atoms with E-state index in [-0.39, 0.29) is 6.54 Å². The van der Waals surface area contributed by atoms with Crippen molar-refractivity contribution in [2.24, 2.45) is 4.99 Å². The Hall–Kier alpha value is -3.19. The summed E-state index contributed by atoms with van der Waals surface area (Å²) in [6, 6.07) is 16.5. The highest BCUT2D eigenvalue weighted by Crippen LogP contribution is 2.18. The quantitative estimate of drug-likeness (QED) is 0.434. The van der Waals surface area contributed by atoms with Crippen LogP contribution in [0.4, 0.5) is 11.4 Å². The molecule has 0 aliphatic carbocycles. The summed E-state index contributed by atoms with van der Waals surface area (Å²) in [5.41, 5.74) is 3.52. The van der Waals surface area contributed by atoms with Crippen molar-refractivity contribution in [2.75, 3.05) is 5.32 Å². The lowest BCUT2D eigenvalue weighted by Crippen LogP contribution is -2.34. The molecule has 1 heterocycles. The maximum atomic E-state index is 12.0. The van der Waals surface area contributed by atoms with Gasteiger partial charge >= 0.3 is 11.8 Å². The summed E-state index contributed by atoms with van der Waals surface area (Å²) in [6.07, 6.45) is 1.60. The molecule has 2 amide bonds. The molecular weight excluding hydrogens is 434 g/mol. The van der Waals surface area contributed by atoms with Crippen LogP contribution in [0.3, 0.4) is 0 Å². The largest absolute Gasteiger partial charge is 0.458 e. The molecule has 2 N–H and O–H groups in total. The third-order valence-corrected chi connectivity index (χ3v) is 4.72. The Morgan fingerprint density at radius 2 is 1.86 bits per heavy atom. The summed E-state index contributed by atoms with van der Waals surface area (Å²) in [5.74, 6) is -0.387. The summed E-state index contributed by atoms with van der Waals surface area (Å²) >= 11 is 3.40. The van der Waals surface area contributed by atoms with E-state index in [1.54, 1.807) is 24.4 Å². The minimum absolute atomic E-state index is 0.101. The van der Waals surface area contributed by atoms with Gasteiger partial charge in [0.2, 0.25) is 0 Å². The normalized spacial score (nSPS) is 10.9. The zero-order chi connectivity index (χ0) is 20.8. The summed E-state index contributed by atoms with van der Waals surface area (Å²) in [6.45, 7) is 4.03. The first-order valence-electron chi connectivity index (χ1n) is 8.95. The molecule has 148 valence electrons. The number of hydrogen-bond acceptors (Lipinski definition) is 4. The fourth-order valence-corrected chi connectivity index (χ4v) is 2.90. The van der Waals surface area contributed by atoms with Crippen molar-refractivity contribution in [3.63, 3.8) is 0 Å². The van der Waals surface area contributed by atoms with Gasteiger partial charge in [0.1, 0.15) is 11.5 Å². The molecule has 1 aromatic heterocycles. The van der Waals surface area contributed by atoms with Gasteiger partial charge in [-0.05, 0) is 67.4 Å². The van der Waals surface area contributed by atoms with Crippen molar-refractivity contribution in [3.8, 4) is 0 Å². The molecule has 0 saturated heterocycles. The molecule has 6 nitrogen and oxygen atoms in total. The van der Waals surface area contributed by atoms with Gasteiger partial charge in [-0.2, -0.15) is 0 Å². The third kappa shape index (κ3) is 5.89. The summed E-state index contributed by atoms with van der Waals surface area (Å²) in [5, 5.41) is 5.13. The van der Waals surface area contributed by atoms with Crippen LogP contribution in [0.2, 0.25) is 0 Å². The van der Waals surface area contributed by atoms with Gasteiger partial charge in [0, 0.05) is 10.2 Å². The molecule has 3 aromatic rings. The van der Waals surface area contributed by atoms with Gasteiger partial charge in [-0.3, -0.25) is 14.6 Å². The summed E-state index contributed by atoms with van der Waals surface area (Å²) < 4.78 is 6.54. The van der Waals surface area contributed by atoms with Crippen LogP contribution in [0.1, 0.15) is 22.6 Å². The van der Waals surface area contributed by atoms with Gasteiger partial charge < -0.3 is 15.1 Å². The second-order valence-corrected chi connectivity index (χ2v) is 7.39. The Labute approximate surface area is 177 Å². The van der Waals surface area contributed by atoms with E-state index in [9.17, 15) is 9.59 Å². The minimum atomic E-state index is -0.732. The number of aryl methyl sites for hydroxylation is 2. The SMILES string of the molecule is Cc1ccc(NC(=O)C(=O)NCc2ccc(C=Nc3cccc(Br)c3)o2)cc1C. The van der Waals surface area contributed by atoms with Crippen LogP contribution in [0, 0.1) is 13.8 Å². The van der Waals surface area contributed by atoms with E-state index in [1.807, 2.05) is 50.2 Å². The summed E-state index contributed by atoms with van der Waals surface area (Å²) in [7, 11) is 0. The predicted octanol–water partition coefficient (Wildman–Crippen LogP) is 4.66. The molecule has 0 bridgehead atoms. The van der Waals surface area contributed by atoms with Gasteiger partial charge in [0.15, 0.2) is 0 Å². The van der Waals surface area contributed by atoms with Crippen molar-refractivity contribution < 1.29 is 14.0 Å². The van der Waals surface area contributed by atoms with Gasteiger partial charge in [-0.15, -0.1) is 0 Å².